The van der Waals surface area contributed by atoms with Gasteiger partial charge in [-0.05, 0) is 34.4 Å². The van der Waals surface area contributed by atoms with Crippen LogP contribution in [0.15, 0.2) is 12.4 Å². The van der Waals surface area contributed by atoms with Crippen molar-refractivity contribution in [3.05, 3.63) is 24.0 Å². The van der Waals surface area contributed by atoms with Gasteiger partial charge < -0.3 is 9.80 Å². The summed E-state index contributed by atoms with van der Waals surface area (Å²) in [6.07, 6.45) is 4.83. The van der Waals surface area contributed by atoms with Crippen molar-refractivity contribution in [2.45, 2.75) is 45.3 Å². The third-order valence-corrected chi connectivity index (χ3v) is 4.78. The van der Waals surface area contributed by atoms with Crippen LogP contribution in [0.25, 0.3) is 0 Å². The van der Waals surface area contributed by atoms with E-state index in [0.29, 0.717) is 13.0 Å². The van der Waals surface area contributed by atoms with E-state index < -0.39 is 0 Å². The van der Waals surface area contributed by atoms with E-state index in [9.17, 15) is 4.79 Å². The minimum atomic E-state index is 0.140. The van der Waals surface area contributed by atoms with Crippen molar-refractivity contribution in [3.8, 4) is 0 Å². The van der Waals surface area contributed by atoms with Crippen LogP contribution >= 0.6 is 0 Å². The van der Waals surface area contributed by atoms with Crippen molar-refractivity contribution in [1.82, 2.24) is 39.6 Å². The Bertz CT molecular complexity index is 708. The van der Waals surface area contributed by atoms with Crippen LogP contribution in [0, 0.1) is 13.8 Å². The molecule has 0 saturated carbocycles. The number of hydrogen-bond donors (Lipinski definition) is 0. The lowest BCUT2D eigenvalue weighted by molar-refractivity contribution is -0.130. The van der Waals surface area contributed by atoms with Crippen molar-refractivity contribution in [1.29, 1.82) is 0 Å². The van der Waals surface area contributed by atoms with E-state index in [1.807, 2.05) is 48.4 Å². The lowest BCUT2D eigenvalue weighted by atomic mass is 10.1. The van der Waals surface area contributed by atoms with Gasteiger partial charge in [0, 0.05) is 32.3 Å². The average Bonchev–Trinajstić information content (AvgIpc) is 3.26. The molecule has 0 radical (unpaired) electrons. The first kappa shape index (κ1) is 17.5. The number of carbonyl (C=O) groups is 1. The zero-order chi connectivity index (χ0) is 18.0. The molecule has 1 amide bonds. The molecule has 136 valence electrons. The number of aromatic nitrogens is 6. The largest absolute Gasteiger partial charge is 0.339 e. The molecule has 9 heteroatoms. The summed E-state index contributed by atoms with van der Waals surface area (Å²) in [7, 11) is 4.08. The number of hydrogen-bond acceptors (Lipinski definition) is 6. The maximum atomic E-state index is 12.6. The van der Waals surface area contributed by atoms with Crippen molar-refractivity contribution < 1.29 is 4.79 Å². The monoisotopic (exact) mass is 346 g/mol. The van der Waals surface area contributed by atoms with Crippen molar-refractivity contribution in [2.75, 3.05) is 27.2 Å². The molecule has 25 heavy (non-hydrogen) atoms. The van der Waals surface area contributed by atoms with Gasteiger partial charge >= 0.3 is 0 Å². The van der Waals surface area contributed by atoms with Crippen LogP contribution in [-0.2, 0) is 11.3 Å². The fraction of sp³-hybridized carbons (Fsp3) is 0.688. The second kappa shape index (κ2) is 7.30. The first-order valence-corrected chi connectivity index (χ1v) is 8.63. The highest BCUT2D eigenvalue weighted by Crippen LogP contribution is 2.25. The fourth-order valence-electron chi connectivity index (χ4n) is 3.45. The Morgan fingerprint density at radius 1 is 1.32 bits per heavy atom. The van der Waals surface area contributed by atoms with Gasteiger partial charge in [0.25, 0.3) is 0 Å². The lowest BCUT2D eigenvalue weighted by Crippen LogP contribution is -2.37. The fourth-order valence-corrected chi connectivity index (χ4v) is 3.45. The topological polar surface area (TPSA) is 85.0 Å². The highest BCUT2D eigenvalue weighted by molar-refractivity contribution is 5.76. The van der Waals surface area contributed by atoms with E-state index in [-0.39, 0.29) is 18.0 Å². The normalized spacial score (nSPS) is 20.6. The number of likely N-dealkylation sites (N-methyl/N-ethyl adjacent to an activating group) is 1. The molecule has 3 heterocycles. The maximum Gasteiger partial charge on any atom is 0.222 e. The molecule has 0 bridgehead atoms. The molecular formula is C16H26N8O. The molecule has 3 rings (SSSR count). The maximum absolute atomic E-state index is 12.6. The van der Waals surface area contributed by atoms with Gasteiger partial charge in [0.2, 0.25) is 5.91 Å². The standard InChI is InChI=1S/C16H26N8O/c1-12-18-13(2)23(19-12)8-5-6-16(25)22-10-14(21(3)4)15(11-22)24-9-7-17-20-24/h7,9,14-15H,5-6,8,10-11H2,1-4H3/t14-,15+/m1/s1. The van der Waals surface area contributed by atoms with Crippen LogP contribution in [0.1, 0.15) is 30.5 Å². The van der Waals surface area contributed by atoms with Gasteiger partial charge in [0.05, 0.1) is 18.3 Å². The number of nitrogens with zero attached hydrogens (tertiary/aromatic N) is 8. The van der Waals surface area contributed by atoms with Gasteiger partial charge in [0.15, 0.2) is 0 Å². The molecule has 0 aliphatic carbocycles. The molecule has 0 unspecified atom stereocenters. The van der Waals surface area contributed by atoms with Crippen molar-refractivity contribution in [2.24, 2.45) is 0 Å². The minimum absolute atomic E-state index is 0.140. The van der Waals surface area contributed by atoms with Crippen LogP contribution in [0.4, 0.5) is 0 Å². The number of likely N-dealkylation sites (tertiary alicyclic amines) is 1. The number of rotatable bonds is 6. The summed E-state index contributed by atoms with van der Waals surface area (Å²) in [4.78, 5) is 21.0. The molecule has 2 aromatic heterocycles. The number of carbonyl (C=O) groups excluding carboxylic acids is 1. The lowest BCUT2D eigenvalue weighted by Gasteiger charge is -2.24. The molecule has 9 nitrogen and oxygen atoms in total. The van der Waals surface area contributed by atoms with Gasteiger partial charge in [-0.1, -0.05) is 5.21 Å². The Morgan fingerprint density at radius 3 is 2.72 bits per heavy atom. The van der Waals surface area contributed by atoms with Gasteiger partial charge in [-0.3, -0.25) is 9.48 Å². The number of aryl methyl sites for hydroxylation is 3. The molecular weight excluding hydrogens is 320 g/mol. The van der Waals surface area contributed by atoms with E-state index in [4.69, 9.17) is 0 Å². The Kier molecular flexibility index (Phi) is 5.12. The number of amides is 1. The van der Waals surface area contributed by atoms with Crippen molar-refractivity contribution >= 4 is 5.91 Å². The predicted octanol–water partition coefficient (Wildman–Crippen LogP) is 0.280. The van der Waals surface area contributed by atoms with Crippen LogP contribution in [0.5, 0.6) is 0 Å². The highest BCUT2D eigenvalue weighted by atomic mass is 16.2. The summed E-state index contributed by atoms with van der Waals surface area (Å²) in [6, 6.07) is 0.382. The zero-order valence-corrected chi connectivity index (χ0v) is 15.3. The van der Waals surface area contributed by atoms with E-state index in [1.165, 1.54) is 0 Å². The highest BCUT2D eigenvalue weighted by Gasteiger charge is 2.37. The molecule has 2 aromatic rings. The summed E-state index contributed by atoms with van der Waals surface area (Å²) < 4.78 is 3.73. The van der Waals surface area contributed by atoms with Gasteiger partial charge in [0.1, 0.15) is 11.6 Å². The molecule has 1 aliphatic heterocycles. The van der Waals surface area contributed by atoms with Crippen LogP contribution in [0.3, 0.4) is 0 Å². The second-order valence-electron chi connectivity index (χ2n) is 6.81. The third kappa shape index (κ3) is 3.87. The average molecular weight is 346 g/mol. The molecule has 1 saturated heterocycles. The Morgan fingerprint density at radius 2 is 2.12 bits per heavy atom. The van der Waals surface area contributed by atoms with Gasteiger partial charge in [-0.25, -0.2) is 9.67 Å². The molecule has 1 fully saturated rings. The summed E-state index contributed by atoms with van der Waals surface area (Å²) in [5.41, 5.74) is 0. The van der Waals surface area contributed by atoms with Crippen molar-refractivity contribution in [3.63, 3.8) is 0 Å². The van der Waals surface area contributed by atoms with E-state index in [2.05, 4.69) is 25.3 Å². The van der Waals surface area contributed by atoms with Crippen LogP contribution < -0.4 is 0 Å². The van der Waals surface area contributed by atoms with Gasteiger partial charge in [-0.15, -0.1) is 5.10 Å². The molecule has 2 atom stereocenters. The summed E-state index contributed by atoms with van der Waals surface area (Å²) >= 11 is 0. The summed E-state index contributed by atoms with van der Waals surface area (Å²) in [5, 5.41) is 12.4. The van der Waals surface area contributed by atoms with E-state index >= 15 is 0 Å². The minimum Gasteiger partial charge on any atom is -0.339 e. The molecule has 1 aliphatic rings. The van der Waals surface area contributed by atoms with E-state index in [1.54, 1.807) is 6.20 Å². The molecule has 0 N–H and O–H groups in total. The van der Waals surface area contributed by atoms with Gasteiger partial charge in [-0.2, -0.15) is 5.10 Å². The van der Waals surface area contributed by atoms with Crippen LogP contribution in [0.2, 0.25) is 0 Å². The smallest absolute Gasteiger partial charge is 0.222 e. The molecule has 0 spiro atoms. The molecule has 0 aromatic carbocycles. The zero-order valence-electron chi connectivity index (χ0n) is 15.3. The quantitative estimate of drug-likeness (QED) is 0.747. The third-order valence-electron chi connectivity index (χ3n) is 4.78. The summed E-state index contributed by atoms with van der Waals surface area (Å²) in [5.74, 6) is 1.85. The SMILES string of the molecule is Cc1nc(C)n(CCCC(=O)N2C[C@@H](N(C)C)[C@@H](n3ccnn3)C2)n1. The summed E-state index contributed by atoms with van der Waals surface area (Å²) in [6.45, 7) is 5.93. The Labute approximate surface area is 147 Å². The van der Waals surface area contributed by atoms with E-state index in [0.717, 1.165) is 31.2 Å². The Balaban J connectivity index is 1.56. The Hall–Kier alpha value is -2.29. The first-order chi connectivity index (χ1) is 12.0. The second-order valence-corrected chi connectivity index (χ2v) is 6.81. The van der Waals surface area contributed by atoms with Crippen LogP contribution in [-0.4, -0.2) is 78.7 Å². The predicted molar refractivity (Wildman–Crippen MR) is 91.8 cm³/mol. The first-order valence-electron chi connectivity index (χ1n) is 8.63.